The number of hydrogen-bond acceptors (Lipinski definition) is 2. The zero-order valence-electron chi connectivity index (χ0n) is 5.76. The molecule has 2 nitrogen and oxygen atoms in total. The predicted molar refractivity (Wildman–Crippen MR) is 39.5 cm³/mol. The zero-order valence-corrected chi connectivity index (χ0v) is 5.76. The molecule has 1 heterocycles. The fraction of sp³-hybridized carbons (Fsp3) is 1.00. The molecule has 1 fully saturated rings. The number of nitrogens with one attached hydrogen (secondary N) is 1. The van der Waals surface area contributed by atoms with Gasteiger partial charge in [-0.1, -0.05) is 0 Å². The van der Waals surface area contributed by atoms with Crippen LogP contribution in [0, 0.1) is 0 Å². The van der Waals surface area contributed by atoms with Gasteiger partial charge in [0.15, 0.2) is 0 Å². The molecule has 0 aromatic rings. The third kappa shape index (κ3) is 2.31. The van der Waals surface area contributed by atoms with Crippen LogP contribution in [0.1, 0.15) is 12.8 Å². The second kappa shape index (κ2) is 3.83. The molecular weight excluding hydrogens is 112 g/mol. The fourth-order valence-corrected chi connectivity index (χ4v) is 0.913. The van der Waals surface area contributed by atoms with Gasteiger partial charge in [-0.3, -0.25) is 0 Å². The monoisotopic (exact) mass is 123 g/mol. The van der Waals surface area contributed by atoms with Gasteiger partial charge in [0.25, 0.3) is 0 Å². The third-order valence-electron chi connectivity index (χ3n) is 1.38. The van der Waals surface area contributed by atoms with Crippen molar-refractivity contribution < 1.29 is 4.74 Å². The predicted octanol–water partition coefficient (Wildman–Crippen LogP) is -0.00100. The molecule has 1 aliphatic rings. The Balaban J connectivity index is 2.11. The van der Waals surface area contributed by atoms with Gasteiger partial charge in [-0.25, -0.2) is 0 Å². The van der Waals surface area contributed by atoms with Crippen LogP contribution in [0.2, 0.25) is 6.82 Å². The summed E-state index contributed by atoms with van der Waals surface area (Å²) in [7, 11) is 0. The molecule has 1 N–H and O–H groups in total. The summed E-state index contributed by atoms with van der Waals surface area (Å²) in [6, 6.07) is 0. The summed E-state index contributed by atoms with van der Waals surface area (Å²) >= 11 is 0. The summed E-state index contributed by atoms with van der Waals surface area (Å²) in [4.78, 5) is 0. The van der Waals surface area contributed by atoms with Gasteiger partial charge in [0.1, 0.15) is 0 Å². The van der Waals surface area contributed by atoms with E-state index in [1.54, 1.807) is 0 Å². The maximum atomic E-state index is 5.29. The Morgan fingerprint density at radius 2 is 2.56 bits per heavy atom. The van der Waals surface area contributed by atoms with Crippen molar-refractivity contribution in [1.82, 2.24) is 5.23 Å². The Hall–Kier alpha value is -0.110. The Bertz CT molecular complexity index is 101. The van der Waals surface area contributed by atoms with Gasteiger partial charge in [0.2, 0.25) is 0 Å². The van der Waals surface area contributed by atoms with Gasteiger partial charge in [-0.15, -0.1) is 0 Å². The summed E-state index contributed by atoms with van der Waals surface area (Å²) in [5, 5.41) is 3.13. The van der Waals surface area contributed by atoms with Crippen molar-refractivity contribution in [2.75, 3.05) is 6.61 Å². The molecule has 9 heavy (non-hydrogen) atoms. The zero-order chi connectivity index (χ0) is 6.53. The van der Waals surface area contributed by atoms with Crippen LogP contribution in [0.4, 0.5) is 0 Å². The van der Waals surface area contributed by atoms with Gasteiger partial charge >= 0.3 is 56.2 Å². The quantitative estimate of drug-likeness (QED) is 0.521. The van der Waals surface area contributed by atoms with Crippen molar-refractivity contribution >= 4 is 13.7 Å². The van der Waals surface area contributed by atoms with Gasteiger partial charge < -0.3 is 0 Å². The van der Waals surface area contributed by atoms with Crippen molar-refractivity contribution in [3.63, 3.8) is 0 Å². The SMILES string of the molecule is CB=BNC1CCCO1. The summed E-state index contributed by atoms with van der Waals surface area (Å²) in [6.45, 7) is 6.80. The van der Waals surface area contributed by atoms with Crippen LogP contribution in [0.3, 0.4) is 0 Å². The summed E-state index contributed by atoms with van der Waals surface area (Å²) in [5.74, 6) is 0. The molecule has 0 radical (unpaired) electrons. The molecule has 0 aromatic heterocycles. The van der Waals surface area contributed by atoms with Crippen LogP contribution >= 0.6 is 0 Å². The van der Waals surface area contributed by atoms with Crippen LogP contribution in [0.25, 0.3) is 0 Å². The Morgan fingerprint density at radius 3 is 3.11 bits per heavy atom. The molecule has 1 atom stereocenters. The van der Waals surface area contributed by atoms with Crippen molar-refractivity contribution in [3.05, 3.63) is 0 Å². The molecule has 0 amide bonds. The van der Waals surface area contributed by atoms with Crippen molar-refractivity contribution in [1.29, 1.82) is 0 Å². The summed E-state index contributed by atoms with van der Waals surface area (Å²) < 4.78 is 5.29. The van der Waals surface area contributed by atoms with Crippen molar-refractivity contribution in [2.45, 2.75) is 25.9 Å². The van der Waals surface area contributed by atoms with E-state index in [4.69, 9.17) is 4.74 Å². The van der Waals surface area contributed by atoms with E-state index in [2.05, 4.69) is 5.23 Å². The number of rotatable bonds is 2. The van der Waals surface area contributed by atoms with Crippen molar-refractivity contribution in [2.24, 2.45) is 0 Å². The van der Waals surface area contributed by atoms with E-state index in [1.807, 2.05) is 20.6 Å². The van der Waals surface area contributed by atoms with Crippen LogP contribution in [0.5, 0.6) is 0 Å². The van der Waals surface area contributed by atoms with E-state index < -0.39 is 0 Å². The van der Waals surface area contributed by atoms with Gasteiger partial charge in [-0.2, -0.15) is 0 Å². The topological polar surface area (TPSA) is 21.3 Å². The van der Waals surface area contributed by atoms with E-state index >= 15 is 0 Å². The third-order valence-corrected chi connectivity index (χ3v) is 1.38. The Labute approximate surface area is 57.1 Å². The summed E-state index contributed by atoms with van der Waals surface area (Å²) in [5.41, 5.74) is 0. The van der Waals surface area contributed by atoms with Gasteiger partial charge in [0, 0.05) is 0 Å². The molecule has 1 rings (SSSR count). The molecule has 0 saturated carbocycles. The Kier molecular flexibility index (Phi) is 2.98. The van der Waals surface area contributed by atoms with Crippen LogP contribution in [-0.2, 0) is 4.74 Å². The van der Waals surface area contributed by atoms with Crippen LogP contribution in [-0.4, -0.2) is 26.6 Å². The average Bonchev–Trinajstić information content (AvgIpc) is 2.34. The minimum atomic E-state index is 0.279. The van der Waals surface area contributed by atoms with E-state index in [9.17, 15) is 0 Å². The number of hydrogen-bond donors (Lipinski definition) is 1. The second-order valence-electron chi connectivity index (χ2n) is 2.17. The molecule has 1 saturated heterocycles. The molecule has 0 aliphatic carbocycles. The van der Waals surface area contributed by atoms with E-state index in [0.29, 0.717) is 0 Å². The second-order valence-corrected chi connectivity index (χ2v) is 2.17. The summed E-state index contributed by atoms with van der Waals surface area (Å²) in [6.07, 6.45) is 2.61. The van der Waals surface area contributed by atoms with Crippen molar-refractivity contribution in [3.8, 4) is 0 Å². The van der Waals surface area contributed by atoms with Crippen LogP contribution < -0.4 is 5.23 Å². The molecule has 0 spiro atoms. The average molecular weight is 123 g/mol. The van der Waals surface area contributed by atoms with E-state index in [-0.39, 0.29) is 6.23 Å². The molecule has 1 aliphatic heterocycles. The van der Waals surface area contributed by atoms with Gasteiger partial charge in [-0.05, 0) is 0 Å². The Morgan fingerprint density at radius 1 is 1.67 bits per heavy atom. The molecule has 48 valence electrons. The first-order valence-electron chi connectivity index (χ1n) is 3.42. The molecule has 0 aromatic carbocycles. The fourth-order valence-electron chi connectivity index (χ4n) is 0.913. The molecular formula is C5H11B2NO. The first kappa shape index (κ1) is 7.00. The van der Waals surface area contributed by atoms with E-state index in [0.717, 1.165) is 13.0 Å². The van der Waals surface area contributed by atoms with Crippen LogP contribution in [0.15, 0.2) is 0 Å². The first-order chi connectivity index (χ1) is 4.43. The minimum absolute atomic E-state index is 0.279. The molecule has 0 bridgehead atoms. The maximum absolute atomic E-state index is 5.29. The molecule has 4 heteroatoms. The van der Waals surface area contributed by atoms with Gasteiger partial charge in [0.05, 0.1) is 0 Å². The number of ether oxygens (including phenoxy) is 1. The normalized spacial score (nSPS) is 25.7. The molecule has 1 unspecified atom stereocenters. The standard InChI is InChI=1S/C5H11B2NO/c1-6-7-8-5-3-2-4-9-5/h5,8H,2-4H2,1H3. The first-order valence-corrected chi connectivity index (χ1v) is 3.42. The van der Waals surface area contributed by atoms with E-state index in [1.165, 1.54) is 6.42 Å².